The molecule has 3 aromatic carbocycles. The summed E-state index contributed by atoms with van der Waals surface area (Å²) < 4.78 is 14.6. The van der Waals surface area contributed by atoms with E-state index in [-0.39, 0.29) is 36.1 Å². The normalized spacial score (nSPS) is 29.3. The molecule has 1 saturated carbocycles. The largest absolute Gasteiger partial charge is 0.505 e. The first-order chi connectivity index (χ1) is 19.4. The van der Waals surface area contributed by atoms with E-state index in [0.29, 0.717) is 16.9 Å². The van der Waals surface area contributed by atoms with Gasteiger partial charge in [0.1, 0.15) is 0 Å². The number of hydrogen-bond acceptors (Lipinski definition) is 5. The summed E-state index contributed by atoms with van der Waals surface area (Å²) in [6.07, 6.45) is 2.36. The fourth-order valence-electron chi connectivity index (χ4n) is 7.38. The molecule has 6 atom stereocenters. The molecular formula is C32H25FN2O5. The molecule has 7 nitrogen and oxygen atoms in total. The summed E-state index contributed by atoms with van der Waals surface area (Å²) in [5.74, 6) is -7.18. The number of fused-ring (bicyclic) bond motifs is 4. The zero-order valence-corrected chi connectivity index (χ0v) is 21.3. The maximum atomic E-state index is 14.6. The molecule has 2 aliphatic heterocycles. The van der Waals surface area contributed by atoms with Gasteiger partial charge < -0.3 is 5.11 Å². The third-order valence-corrected chi connectivity index (χ3v) is 9.03. The van der Waals surface area contributed by atoms with Gasteiger partial charge in [-0.3, -0.25) is 29.0 Å². The number of phenols is 1. The Morgan fingerprint density at radius 2 is 1.23 bits per heavy atom. The van der Waals surface area contributed by atoms with Crippen molar-refractivity contribution in [1.82, 2.24) is 0 Å². The van der Waals surface area contributed by atoms with Gasteiger partial charge >= 0.3 is 0 Å². The lowest BCUT2D eigenvalue weighted by molar-refractivity contribution is -0.126. The molecule has 0 spiro atoms. The van der Waals surface area contributed by atoms with E-state index in [2.05, 4.69) is 0 Å². The predicted molar refractivity (Wildman–Crippen MR) is 143 cm³/mol. The van der Waals surface area contributed by atoms with Crippen LogP contribution in [-0.2, 0) is 19.2 Å². The third kappa shape index (κ3) is 3.35. The molecule has 3 aromatic rings. The van der Waals surface area contributed by atoms with Crippen LogP contribution >= 0.6 is 0 Å². The molecule has 8 heteroatoms. The molecule has 200 valence electrons. The second kappa shape index (κ2) is 8.98. The van der Waals surface area contributed by atoms with Gasteiger partial charge in [0.05, 0.1) is 35.0 Å². The van der Waals surface area contributed by atoms with Gasteiger partial charge in [0.25, 0.3) is 0 Å². The monoisotopic (exact) mass is 536 g/mol. The number of carbonyl (C=O) groups excluding carboxylic acids is 4. The Morgan fingerprint density at radius 3 is 1.85 bits per heavy atom. The molecule has 2 aliphatic carbocycles. The number of hydrogen-bond donors (Lipinski definition) is 1. The van der Waals surface area contributed by atoms with E-state index in [1.807, 2.05) is 6.08 Å². The van der Waals surface area contributed by atoms with Gasteiger partial charge in [-0.25, -0.2) is 4.39 Å². The molecule has 0 bridgehead atoms. The van der Waals surface area contributed by atoms with E-state index in [0.717, 1.165) is 6.07 Å². The topological polar surface area (TPSA) is 95.0 Å². The van der Waals surface area contributed by atoms with Crippen LogP contribution in [0.15, 0.2) is 90.5 Å². The van der Waals surface area contributed by atoms with Gasteiger partial charge in [0, 0.05) is 11.5 Å². The highest BCUT2D eigenvalue weighted by molar-refractivity contribution is 6.24. The van der Waals surface area contributed by atoms with Crippen LogP contribution in [0.2, 0.25) is 0 Å². The summed E-state index contributed by atoms with van der Waals surface area (Å²) in [6, 6.07) is 21.5. The van der Waals surface area contributed by atoms with E-state index in [9.17, 15) is 28.7 Å². The minimum atomic E-state index is -0.878. The molecule has 40 heavy (non-hydrogen) atoms. The van der Waals surface area contributed by atoms with Crippen LogP contribution in [0, 0.1) is 35.4 Å². The van der Waals surface area contributed by atoms with Crippen LogP contribution in [0.4, 0.5) is 15.8 Å². The standard InChI is InChI=1S/C32H25FN2O5/c33-24-13-7-12-20(28(24)36)25-19-14-15-21-26(31(39)34(29(21)37)17-8-3-1-4-9-17)22(19)16-23-27(25)32(40)35(30(23)38)18-10-5-2-6-11-18/h1-14,21-23,25-27,36H,15-16H2. The number of phenolic OH excluding ortho intramolecular Hbond substituents is 1. The summed E-state index contributed by atoms with van der Waals surface area (Å²) in [7, 11) is 0. The first-order valence-corrected chi connectivity index (χ1v) is 13.4. The molecule has 7 rings (SSSR count). The number of anilines is 2. The van der Waals surface area contributed by atoms with Crippen molar-refractivity contribution in [2.75, 3.05) is 9.80 Å². The number of imide groups is 2. The second-order valence-corrected chi connectivity index (χ2v) is 10.9. The maximum Gasteiger partial charge on any atom is 0.238 e. The first kappa shape index (κ1) is 24.5. The number of carbonyl (C=O) groups is 4. The van der Waals surface area contributed by atoms with Crippen LogP contribution < -0.4 is 9.80 Å². The van der Waals surface area contributed by atoms with Crippen LogP contribution in [0.5, 0.6) is 5.75 Å². The third-order valence-electron chi connectivity index (χ3n) is 9.03. The minimum absolute atomic E-state index is 0.206. The zero-order chi connectivity index (χ0) is 27.7. The summed E-state index contributed by atoms with van der Waals surface area (Å²) in [5.41, 5.74) is 1.84. The van der Waals surface area contributed by atoms with Crippen LogP contribution in [0.3, 0.4) is 0 Å². The Labute approximate surface area is 229 Å². The molecule has 4 aliphatic rings. The fourth-order valence-corrected chi connectivity index (χ4v) is 7.38. The summed E-state index contributed by atoms with van der Waals surface area (Å²) in [4.78, 5) is 57.6. The Kier molecular flexibility index (Phi) is 5.49. The Bertz CT molecular complexity index is 1600. The second-order valence-electron chi connectivity index (χ2n) is 10.9. The van der Waals surface area contributed by atoms with E-state index in [1.54, 1.807) is 66.7 Å². The molecule has 6 unspecified atom stereocenters. The van der Waals surface area contributed by atoms with Crippen molar-refractivity contribution in [2.24, 2.45) is 29.6 Å². The average molecular weight is 537 g/mol. The van der Waals surface area contributed by atoms with Crippen LogP contribution in [0.1, 0.15) is 24.3 Å². The number of aromatic hydroxyl groups is 1. The number of benzene rings is 3. The van der Waals surface area contributed by atoms with Crippen LogP contribution in [-0.4, -0.2) is 28.7 Å². The molecule has 0 radical (unpaired) electrons. The van der Waals surface area contributed by atoms with Gasteiger partial charge in [-0.05, 0) is 49.1 Å². The van der Waals surface area contributed by atoms with Gasteiger partial charge in [-0.1, -0.05) is 60.2 Å². The van der Waals surface area contributed by atoms with Crippen molar-refractivity contribution in [2.45, 2.75) is 18.8 Å². The lowest BCUT2D eigenvalue weighted by Crippen LogP contribution is -2.43. The Hall–Kier alpha value is -4.59. The van der Waals surface area contributed by atoms with Gasteiger partial charge in [0.2, 0.25) is 23.6 Å². The van der Waals surface area contributed by atoms with Crippen molar-refractivity contribution < 1.29 is 28.7 Å². The van der Waals surface area contributed by atoms with E-state index in [1.165, 1.54) is 15.9 Å². The summed E-state index contributed by atoms with van der Waals surface area (Å²) >= 11 is 0. The highest BCUT2D eigenvalue weighted by atomic mass is 19.1. The fraction of sp³-hybridized carbons (Fsp3) is 0.250. The van der Waals surface area contributed by atoms with Crippen molar-refractivity contribution >= 4 is 35.0 Å². The Balaban J connectivity index is 1.36. The number of halogens is 1. The average Bonchev–Trinajstić information content (AvgIpc) is 3.38. The highest BCUT2D eigenvalue weighted by Gasteiger charge is 2.62. The van der Waals surface area contributed by atoms with Crippen molar-refractivity contribution in [1.29, 1.82) is 0 Å². The number of para-hydroxylation sites is 3. The lowest BCUT2D eigenvalue weighted by atomic mass is 9.57. The van der Waals surface area contributed by atoms with Crippen molar-refractivity contribution in [3.63, 3.8) is 0 Å². The van der Waals surface area contributed by atoms with E-state index >= 15 is 0 Å². The van der Waals surface area contributed by atoms with Gasteiger partial charge in [-0.15, -0.1) is 0 Å². The predicted octanol–water partition coefficient (Wildman–Crippen LogP) is 4.58. The van der Waals surface area contributed by atoms with E-state index < -0.39 is 53.0 Å². The number of allylic oxidation sites excluding steroid dienone is 2. The zero-order valence-electron chi connectivity index (χ0n) is 21.3. The van der Waals surface area contributed by atoms with Gasteiger partial charge in [0.15, 0.2) is 11.6 Å². The molecule has 3 fully saturated rings. The number of rotatable bonds is 3. The minimum Gasteiger partial charge on any atom is -0.505 e. The SMILES string of the molecule is O=C1C2CC=C3C(CC4C(=O)N(c5ccccc5)C(=O)C4C3c3cccc(F)c3O)C2C(=O)N1c1ccccc1. The molecule has 0 aromatic heterocycles. The maximum absolute atomic E-state index is 14.6. The summed E-state index contributed by atoms with van der Waals surface area (Å²) in [6.45, 7) is 0. The van der Waals surface area contributed by atoms with Crippen LogP contribution in [0.25, 0.3) is 0 Å². The molecule has 2 heterocycles. The summed E-state index contributed by atoms with van der Waals surface area (Å²) in [5, 5.41) is 10.8. The first-order valence-electron chi connectivity index (χ1n) is 13.4. The highest BCUT2D eigenvalue weighted by Crippen LogP contribution is 2.59. The molecule has 1 N–H and O–H groups in total. The number of nitrogens with zero attached hydrogens (tertiary/aromatic N) is 2. The van der Waals surface area contributed by atoms with E-state index in [4.69, 9.17) is 0 Å². The van der Waals surface area contributed by atoms with Gasteiger partial charge in [-0.2, -0.15) is 0 Å². The quantitative estimate of drug-likeness (QED) is 0.391. The molecular weight excluding hydrogens is 511 g/mol. The Morgan fingerprint density at radius 1 is 0.650 bits per heavy atom. The number of amides is 4. The van der Waals surface area contributed by atoms with Crippen molar-refractivity contribution in [3.05, 3.63) is 102 Å². The van der Waals surface area contributed by atoms with Crippen molar-refractivity contribution in [3.8, 4) is 5.75 Å². The smallest absolute Gasteiger partial charge is 0.238 e. The molecule has 2 saturated heterocycles. The molecule has 4 amide bonds. The lowest BCUT2D eigenvalue weighted by Gasteiger charge is -2.44.